The summed E-state index contributed by atoms with van der Waals surface area (Å²) in [5.41, 5.74) is 0.573. The molecule has 2 heterocycles. The highest BCUT2D eigenvalue weighted by Gasteiger charge is 2.20. The van der Waals surface area contributed by atoms with Gasteiger partial charge in [0.15, 0.2) is 5.15 Å². The monoisotopic (exact) mass is 296 g/mol. The third-order valence-electron chi connectivity index (χ3n) is 3.60. The van der Waals surface area contributed by atoms with Gasteiger partial charge in [0.2, 0.25) is 5.91 Å². The second-order valence-electron chi connectivity index (χ2n) is 5.17. The molecule has 1 aromatic heterocycles. The largest absolute Gasteiger partial charge is 0.322 e. The Hall–Kier alpha value is -1.17. The number of nitrogens with one attached hydrogen (secondary N) is 2. The predicted octanol–water partition coefficient (Wildman–Crippen LogP) is 1.60. The van der Waals surface area contributed by atoms with Crippen LogP contribution in [-0.4, -0.2) is 49.0 Å². The summed E-state index contributed by atoms with van der Waals surface area (Å²) in [5.74, 6) is 0.694. The molecule has 1 amide bonds. The number of hydrogen-bond donors (Lipinski definition) is 2. The van der Waals surface area contributed by atoms with Crippen LogP contribution in [0.4, 0.5) is 5.69 Å². The number of halogens is 1. The van der Waals surface area contributed by atoms with Gasteiger partial charge in [-0.3, -0.25) is 9.69 Å². The molecule has 0 radical (unpaired) electrons. The maximum Gasteiger partial charge on any atom is 0.238 e. The molecule has 1 aliphatic heterocycles. The number of piperidine rings is 1. The van der Waals surface area contributed by atoms with Gasteiger partial charge in [-0.25, -0.2) is 4.98 Å². The molecule has 5 nitrogen and oxygen atoms in total. The highest BCUT2D eigenvalue weighted by Crippen LogP contribution is 2.18. The van der Waals surface area contributed by atoms with E-state index in [1.807, 2.05) is 7.05 Å². The maximum absolute atomic E-state index is 12.0. The fraction of sp³-hybridized carbons (Fsp3) is 0.571. The van der Waals surface area contributed by atoms with Crippen LogP contribution < -0.4 is 10.6 Å². The van der Waals surface area contributed by atoms with Crippen LogP contribution in [0.15, 0.2) is 18.3 Å². The molecule has 20 heavy (non-hydrogen) atoms. The van der Waals surface area contributed by atoms with Crippen molar-refractivity contribution in [2.75, 3.05) is 38.5 Å². The van der Waals surface area contributed by atoms with Crippen molar-refractivity contribution < 1.29 is 4.79 Å². The van der Waals surface area contributed by atoms with Gasteiger partial charge in [-0.1, -0.05) is 11.6 Å². The Kier molecular flexibility index (Phi) is 5.76. The zero-order valence-corrected chi connectivity index (χ0v) is 12.5. The first-order chi connectivity index (χ1) is 9.69. The topological polar surface area (TPSA) is 57.3 Å². The number of hydrogen-bond acceptors (Lipinski definition) is 4. The molecule has 0 aromatic carbocycles. The Morgan fingerprint density at radius 2 is 2.25 bits per heavy atom. The molecule has 0 atom stereocenters. The van der Waals surface area contributed by atoms with E-state index < -0.39 is 0 Å². The number of amides is 1. The second kappa shape index (κ2) is 7.57. The molecule has 1 fully saturated rings. The Morgan fingerprint density at radius 3 is 2.90 bits per heavy atom. The van der Waals surface area contributed by atoms with Gasteiger partial charge in [-0.05, 0) is 57.6 Å². The smallest absolute Gasteiger partial charge is 0.238 e. The minimum Gasteiger partial charge on any atom is -0.322 e. The number of pyridine rings is 1. The van der Waals surface area contributed by atoms with Crippen molar-refractivity contribution in [2.45, 2.75) is 12.8 Å². The average Bonchev–Trinajstić information content (AvgIpc) is 2.44. The van der Waals surface area contributed by atoms with Crippen LogP contribution in [0.5, 0.6) is 0 Å². The molecule has 0 bridgehead atoms. The van der Waals surface area contributed by atoms with Crippen LogP contribution in [0.3, 0.4) is 0 Å². The molecule has 2 N–H and O–H groups in total. The van der Waals surface area contributed by atoms with E-state index in [0.717, 1.165) is 38.4 Å². The van der Waals surface area contributed by atoms with Crippen molar-refractivity contribution in [3.05, 3.63) is 23.5 Å². The van der Waals surface area contributed by atoms with Crippen LogP contribution in [0, 0.1) is 5.92 Å². The van der Waals surface area contributed by atoms with Gasteiger partial charge >= 0.3 is 0 Å². The zero-order valence-electron chi connectivity index (χ0n) is 11.7. The van der Waals surface area contributed by atoms with Gasteiger partial charge in [0.1, 0.15) is 0 Å². The van der Waals surface area contributed by atoms with Crippen molar-refractivity contribution in [3.63, 3.8) is 0 Å². The number of anilines is 1. The molecule has 1 aromatic rings. The summed E-state index contributed by atoms with van der Waals surface area (Å²) < 4.78 is 0. The lowest BCUT2D eigenvalue weighted by Crippen LogP contribution is -2.40. The summed E-state index contributed by atoms with van der Waals surface area (Å²) in [6.45, 7) is 3.42. The zero-order chi connectivity index (χ0) is 14.4. The Morgan fingerprint density at radius 1 is 1.50 bits per heavy atom. The van der Waals surface area contributed by atoms with E-state index in [-0.39, 0.29) is 5.91 Å². The van der Waals surface area contributed by atoms with Crippen molar-refractivity contribution in [1.29, 1.82) is 0 Å². The third-order valence-corrected chi connectivity index (χ3v) is 3.90. The summed E-state index contributed by atoms with van der Waals surface area (Å²) >= 11 is 5.92. The first-order valence-corrected chi connectivity index (χ1v) is 7.34. The van der Waals surface area contributed by atoms with Crippen molar-refractivity contribution in [2.24, 2.45) is 5.92 Å². The van der Waals surface area contributed by atoms with E-state index in [2.05, 4.69) is 20.5 Å². The van der Waals surface area contributed by atoms with Gasteiger partial charge in [-0.15, -0.1) is 0 Å². The average molecular weight is 297 g/mol. The molecule has 0 saturated carbocycles. The van der Waals surface area contributed by atoms with Crippen molar-refractivity contribution in [3.8, 4) is 0 Å². The number of nitrogens with zero attached hydrogens (tertiary/aromatic N) is 2. The minimum absolute atomic E-state index is 0.0352. The number of carbonyl (C=O) groups is 1. The number of carbonyl (C=O) groups excluding carboxylic acids is 1. The van der Waals surface area contributed by atoms with E-state index in [4.69, 9.17) is 11.6 Å². The first kappa shape index (κ1) is 15.2. The standard InChI is InChI=1S/C14H21ClN4O/c1-16-9-11-4-7-19(8-5-11)10-13(20)18-12-3-2-6-17-14(12)15/h2-3,6,11,16H,4-5,7-10H2,1H3,(H,18,20). The molecule has 0 spiro atoms. The van der Waals surface area contributed by atoms with Crippen LogP contribution in [0.1, 0.15) is 12.8 Å². The van der Waals surface area contributed by atoms with Gasteiger partial charge in [0, 0.05) is 6.20 Å². The van der Waals surface area contributed by atoms with Crippen LogP contribution >= 0.6 is 11.6 Å². The molecule has 1 saturated heterocycles. The summed E-state index contributed by atoms with van der Waals surface area (Å²) in [6.07, 6.45) is 3.88. The van der Waals surface area contributed by atoms with Crippen molar-refractivity contribution in [1.82, 2.24) is 15.2 Å². The van der Waals surface area contributed by atoms with Crippen LogP contribution in [-0.2, 0) is 4.79 Å². The van der Waals surface area contributed by atoms with E-state index in [1.54, 1.807) is 18.3 Å². The predicted molar refractivity (Wildman–Crippen MR) is 81.0 cm³/mol. The Balaban J connectivity index is 1.77. The second-order valence-corrected chi connectivity index (χ2v) is 5.53. The molecule has 2 rings (SSSR count). The van der Waals surface area contributed by atoms with Crippen molar-refractivity contribution >= 4 is 23.2 Å². The van der Waals surface area contributed by atoms with Gasteiger partial charge in [-0.2, -0.15) is 0 Å². The summed E-state index contributed by atoms with van der Waals surface area (Å²) in [5, 5.41) is 6.35. The van der Waals surface area contributed by atoms with E-state index in [0.29, 0.717) is 17.4 Å². The minimum atomic E-state index is -0.0352. The maximum atomic E-state index is 12.0. The van der Waals surface area contributed by atoms with Crippen LogP contribution in [0.2, 0.25) is 5.15 Å². The Bertz CT molecular complexity index is 447. The van der Waals surface area contributed by atoms with E-state index in [1.165, 1.54) is 0 Å². The first-order valence-electron chi connectivity index (χ1n) is 6.96. The molecular weight excluding hydrogens is 276 g/mol. The van der Waals surface area contributed by atoms with E-state index >= 15 is 0 Å². The normalized spacial score (nSPS) is 17.1. The lowest BCUT2D eigenvalue weighted by Gasteiger charge is -2.31. The Labute approximate surface area is 124 Å². The molecule has 6 heteroatoms. The van der Waals surface area contributed by atoms with Crippen LogP contribution in [0.25, 0.3) is 0 Å². The molecule has 110 valence electrons. The quantitative estimate of drug-likeness (QED) is 0.811. The number of aromatic nitrogens is 1. The molecule has 0 unspecified atom stereocenters. The number of rotatable bonds is 5. The summed E-state index contributed by atoms with van der Waals surface area (Å²) in [7, 11) is 1.98. The molecular formula is C14H21ClN4O. The lowest BCUT2D eigenvalue weighted by atomic mass is 9.97. The van der Waals surface area contributed by atoms with Gasteiger partial charge in [0.25, 0.3) is 0 Å². The fourth-order valence-electron chi connectivity index (χ4n) is 2.51. The summed E-state index contributed by atoms with van der Waals surface area (Å²) in [4.78, 5) is 18.1. The SMILES string of the molecule is CNCC1CCN(CC(=O)Nc2cccnc2Cl)CC1. The third kappa shape index (κ3) is 4.44. The highest BCUT2D eigenvalue weighted by molar-refractivity contribution is 6.32. The fourth-order valence-corrected chi connectivity index (χ4v) is 2.68. The summed E-state index contributed by atoms with van der Waals surface area (Å²) in [6, 6.07) is 3.51. The highest BCUT2D eigenvalue weighted by atomic mass is 35.5. The molecule has 0 aliphatic carbocycles. The van der Waals surface area contributed by atoms with Gasteiger partial charge in [0.05, 0.1) is 12.2 Å². The molecule has 1 aliphatic rings. The lowest BCUT2D eigenvalue weighted by molar-refractivity contribution is -0.117. The number of likely N-dealkylation sites (tertiary alicyclic amines) is 1. The van der Waals surface area contributed by atoms with E-state index in [9.17, 15) is 4.79 Å². The van der Waals surface area contributed by atoms with Gasteiger partial charge < -0.3 is 10.6 Å².